The molecule has 1 fully saturated rings. The van der Waals surface area contributed by atoms with Gasteiger partial charge in [0.2, 0.25) is 0 Å². The van der Waals surface area contributed by atoms with Gasteiger partial charge in [-0.2, -0.15) is 0 Å². The Hall–Kier alpha value is -3.08. The first-order valence-electron chi connectivity index (χ1n) is 9.89. The molecule has 1 amide bonds. The molecule has 1 N–H and O–H groups in total. The number of pyridine rings is 1. The Bertz CT molecular complexity index is 1130. The molecule has 5 nitrogen and oxygen atoms in total. The van der Waals surface area contributed by atoms with E-state index < -0.39 is 0 Å². The van der Waals surface area contributed by atoms with E-state index >= 15 is 0 Å². The summed E-state index contributed by atoms with van der Waals surface area (Å²) in [5.74, 6) is -0.151. The number of aromatic amines is 1. The van der Waals surface area contributed by atoms with Crippen molar-refractivity contribution in [1.82, 2.24) is 9.88 Å². The lowest BCUT2D eigenvalue weighted by Gasteiger charge is -2.27. The third-order valence-corrected chi connectivity index (χ3v) is 6.14. The van der Waals surface area contributed by atoms with Gasteiger partial charge in [0, 0.05) is 36.2 Å². The summed E-state index contributed by atoms with van der Waals surface area (Å²) >= 11 is 0. The molecule has 142 valence electrons. The number of H-pyrrole nitrogens is 1. The minimum atomic E-state index is -0.294. The van der Waals surface area contributed by atoms with Crippen LogP contribution in [0.15, 0.2) is 53.3 Å². The van der Waals surface area contributed by atoms with Crippen LogP contribution in [-0.2, 0) is 6.42 Å². The second-order valence-corrected chi connectivity index (χ2v) is 7.78. The fourth-order valence-electron chi connectivity index (χ4n) is 4.78. The van der Waals surface area contributed by atoms with Crippen molar-refractivity contribution in [3.8, 4) is 0 Å². The molecule has 2 aliphatic heterocycles. The summed E-state index contributed by atoms with van der Waals surface area (Å²) in [7, 11) is 0. The van der Waals surface area contributed by atoms with Crippen molar-refractivity contribution in [2.45, 2.75) is 25.8 Å². The topological polar surface area (TPSA) is 56.4 Å². The third-order valence-electron chi connectivity index (χ3n) is 6.14. The lowest BCUT2D eigenvalue weighted by atomic mass is 10.0. The van der Waals surface area contributed by atoms with E-state index in [1.165, 1.54) is 11.3 Å². The van der Waals surface area contributed by atoms with E-state index in [0.717, 1.165) is 35.9 Å². The summed E-state index contributed by atoms with van der Waals surface area (Å²) in [4.78, 5) is 33.3. The minimum Gasteiger partial charge on any atom is -0.366 e. The molecule has 5 heteroatoms. The van der Waals surface area contributed by atoms with Gasteiger partial charge < -0.3 is 14.8 Å². The van der Waals surface area contributed by atoms with Crippen LogP contribution in [-0.4, -0.2) is 41.5 Å². The van der Waals surface area contributed by atoms with Gasteiger partial charge in [-0.25, -0.2) is 0 Å². The Morgan fingerprint density at radius 3 is 2.75 bits per heavy atom. The number of aromatic nitrogens is 1. The molecular weight excluding hydrogens is 350 g/mol. The Kier molecular flexibility index (Phi) is 3.97. The predicted molar refractivity (Wildman–Crippen MR) is 111 cm³/mol. The smallest absolute Gasteiger partial charge is 0.261 e. The largest absolute Gasteiger partial charge is 0.366 e. The number of benzene rings is 2. The van der Waals surface area contributed by atoms with Crippen LogP contribution >= 0.6 is 0 Å². The molecule has 3 aromatic rings. The van der Waals surface area contributed by atoms with Crippen molar-refractivity contribution < 1.29 is 4.79 Å². The number of hydrogen-bond donors (Lipinski definition) is 1. The quantitative estimate of drug-likeness (QED) is 0.713. The number of hydrogen-bond acceptors (Lipinski definition) is 3. The van der Waals surface area contributed by atoms with E-state index in [4.69, 9.17) is 0 Å². The van der Waals surface area contributed by atoms with E-state index in [9.17, 15) is 9.59 Å². The van der Waals surface area contributed by atoms with Crippen molar-refractivity contribution in [1.29, 1.82) is 0 Å². The molecule has 0 bridgehead atoms. The molecule has 1 aromatic heterocycles. The average Bonchev–Trinajstić information content (AvgIpc) is 2.90. The molecule has 5 rings (SSSR count). The normalized spacial score (nSPS) is 18.7. The van der Waals surface area contributed by atoms with Crippen LogP contribution in [0.1, 0.15) is 27.9 Å². The number of para-hydroxylation sites is 2. The van der Waals surface area contributed by atoms with Gasteiger partial charge in [-0.05, 0) is 43.0 Å². The lowest BCUT2D eigenvalue weighted by molar-refractivity contribution is 0.0753. The number of nitrogens with one attached hydrogen (secondary N) is 1. The second-order valence-electron chi connectivity index (χ2n) is 7.78. The predicted octanol–water partition coefficient (Wildman–Crippen LogP) is 3.11. The van der Waals surface area contributed by atoms with E-state index in [1.54, 1.807) is 0 Å². The number of amides is 1. The molecule has 2 aliphatic rings. The monoisotopic (exact) mass is 373 g/mol. The molecule has 3 heterocycles. The van der Waals surface area contributed by atoms with Crippen LogP contribution in [0.4, 0.5) is 5.69 Å². The summed E-state index contributed by atoms with van der Waals surface area (Å²) < 4.78 is 0. The van der Waals surface area contributed by atoms with E-state index in [1.807, 2.05) is 36.1 Å². The highest BCUT2D eigenvalue weighted by molar-refractivity contribution is 6.00. The molecule has 0 spiro atoms. The molecule has 1 atom stereocenters. The summed E-state index contributed by atoms with van der Waals surface area (Å²) in [5, 5.41) is 0.926. The molecule has 2 aromatic carbocycles. The van der Waals surface area contributed by atoms with Gasteiger partial charge in [-0.15, -0.1) is 0 Å². The van der Waals surface area contributed by atoms with Gasteiger partial charge in [0.05, 0.1) is 6.04 Å². The number of rotatable bonds is 1. The van der Waals surface area contributed by atoms with Crippen LogP contribution in [0.3, 0.4) is 0 Å². The van der Waals surface area contributed by atoms with Crippen molar-refractivity contribution >= 4 is 22.5 Å². The van der Waals surface area contributed by atoms with Crippen molar-refractivity contribution in [2.75, 3.05) is 24.5 Å². The number of aryl methyl sites for hydroxylation is 1. The SMILES string of the molecule is Cc1c(C(=O)N2CCCN3c4ccccc4CC3C2)c(=O)[nH]c2ccccc12. The maximum Gasteiger partial charge on any atom is 0.261 e. The lowest BCUT2D eigenvalue weighted by Crippen LogP contribution is -2.43. The molecule has 1 unspecified atom stereocenters. The number of carbonyl (C=O) groups excluding carboxylic acids is 1. The van der Waals surface area contributed by atoms with Gasteiger partial charge >= 0.3 is 0 Å². The first-order chi connectivity index (χ1) is 13.6. The summed E-state index contributed by atoms with van der Waals surface area (Å²) in [6.45, 7) is 4.15. The molecule has 0 saturated carbocycles. The maximum atomic E-state index is 13.4. The Labute approximate surface area is 163 Å². The fourth-order valence-corrected chi connectivity index (χ4v) is 4.78. The highest BCUT2D eigenvalue weighted by atomic mass is 16.2. The Morgan fingerprint density at radius 1 is 1.07 bits per heavy atom. The Balaban J connectivity index is 1.49. The molecule has 1 saturated heterocycles. The van der Waals surface area contributed by atoms with Gasteiger partial charge in [-0.1, -0.05) is 36.4 Å². The van der Waals surface area contributed by atoms with Gasteiger partial charge in [0.15, 0.2) is 0 Å². The van der Waals surface area contributed by atoms with Gasteiger partial charge in [-0.3, -0.25) is 9.59 Å². The van der Waals surface area contributed by atoms with E-state index in [-0.39, 0.29) is 23.1 Å². The van der Waals surface area contributed by atoms with Crippen LogP contribution in [0.5, 0.6) is 0 Å². The standard InChI is InChI=1S/C23H23N3O2/c1-15-18-8-3-4-9-19(18)24-22(27)21(15)23(28)25-11-6-12-26-17(14-25)13-16-7-2-5-10-20(16)26/h2-5,7-10,17H,6,11-14H2,1H3,(H,24,27). The maximum absolute atomic E-state index is 13.4. The third kappa shape index (κ3) is 2.61. The van der Waals surface area contributed by atoms with E-state index in [0.29, 0.717) is 13.1 Å². The molecular formula is C23H23N3O2. The summed E-state index contributed by atoms with van der Waals surface area (Å²) in [6.07, 6.45) is 1.86. The van der Waals surface area contributed by atoms with Crippen molar-refractivity contribution in [3.63, 3.8) is 0 Å². The van der Waals surface area contributed by atoms with Crippen LogP contribution in [0, 0.1) is 6.92 Å². The van der Waals surface area contributed by atoms with Gasteiger partial charge in [0.1, 0.15) is 5.56 Å². The number of carbonyl (C=O) groups is 1. The van der Waals surface area contributed by atoms with Crippen LogP contribution in [0.25, 0.3) is 10.9 Å². The number of anilines is 1. The number of fused-ring (bicyclic) bond motifs is 4. The summed E-state index contributed by atoms with van der Waals surface area (Å²) in [6, 6.07) is 16.4. The van der Waals surface area contributed by atoms with Crippen LogP contribution in [0.2, 0.25) is 0 Å². The van der Waals surface area contributed by atoms with Crippen molar-refractivity contribution in [2.24, 2.45) is 0 Å². The zero-order valence-electron chi connectivity index (χ0n) is 15.9. The average molecular weight is 373 g/mol. The fraction of sp³-hybridized carbons (Fsp3) is 0.304. The van der Waals surface area contributed by atoms with Crippen molar-refractivity contribution in [3.05, 3.63) is 75.6 Å². The van der Waals surface area contributed by atoms with E-state index in [2.05, 4.69) is 34.1 Å². The summed E-state index contributed by atoms with van der Waals surface area (Å²) in [5.41, 5.74) is 4.16. The Morgan fingerprint density at radius 2 is 1.86 bits per heavy atom. The first kappa shape index (κ1) is 17.0. The zero-order valence-corrected chi connectivity index (χ0v) is 15.9. The second kappa shape index (κ2) is 6.51. The minimum absolute atomic E-state index is 0.151. The zero-order chi connectivity index (χ0) is 19.3. The molecule has 28 heavy (non-hydrogen) atoms. The first-order valence-corrected chi connectivity index (χ1v) is 9.89. The highest BCUT2D eigenvalue weighted by Gasteiger charge is 2.34. The van der Waals surface area contributed by atoms with Crippen LogP contribution < -0.4 is 10.5 Å². The highest BCUT2D eigenvalue weighted by Crippen LogP contribution is 2.34. The molecule has 0 radical (unpaired) electrons. The molecule has 0 aliphatic carbocycles. The number of nitrogens with zero attached hydrogens (tertiary/aromatic N) is 2. The van der Waals surface area contributed by atoms with Gasteiger partial charge in [0.25, 0.3) is 11.5 Å².